The second-order valence-corrected chi connectivity index (χ2v) is 5.98. The number of Topliss-reactive ketones (excluding diaryl/α,β-unsaturated/α-hetero) is 1. The Kier molecular flexibility index (Phi) is 5.11. The fourth-order valence-corrected chi connectivity index (χ4v) is 3.01. The summed E-state index contributed by atoms with van der Waals surface area (Å²) < 4.78 is 11.1. The molecule has 0 spiro atoms. The van der Waals surface area contributed by atoms with Crippen molar-refractivity contribution in [3.63, 3.8) is 0 Å². The van der Waals surface area contributed by atoms with Gasteiger partial charge in [0, 0.05) is 18.2 Å². The summed E-state index contributed by atoms with van der Waals surface area (Å²) in [5.74, 6) is -0.420. The Hall–Kier alpha value is -3.02. The lowest BCUT2D eigenvalue weighted by Gasteiger charge is -2.25. The van der Waals surface area contributed by atoms with E-state index in [1.54, 1.807) is 43.3 Å². The Bertz CT molecular complexity index is 838. The Morgan fingerprint density at radius 1 is 1.27 bits per heavy atom. The van der Waals surface area contributed by atoms with Crippen LogP contribution in [0, 0.1) is 0 Å². The summed E-state index contributed by atoms with van der Waals surface area (Å²) in [5, 5.41) is 10.4. The van der Waals surface area contributed by atoms with E-state index >= 15 is 0 Å². The van der Waals surface area contributed by atoms with E-state index in [0.717, 1.165) is 6.42 Å². The number of hydrogen-bond donors (Lipinski definition) is 1. The molecule has 1 amide bonds. The summed E-state index contributed by atoms with van der Waals surface area (Å²) in [4.78, 5) is 26.5. The summed E-state index contributed by atoms with van der Waals surface area (Å²) in [7, 11) is 0. The van der Waals surface area contributed by atoms with Crippen molar-refractivity contribution in [3.05, 3.63) is 59.8 Å². The van der Waals surface area contributed by atoms with Gasteiger partial charge in [-0.25, -0.2) is 0 Å². The van der Waals surface area contributed by atoms with Crippen LogP contribution < -0.4 is 9.64 Å². The molecule has 1 aromatic heterocycles. The van der Waals surface area contributed by atoms with Crippen molar-refractivity contribution in [2.45, 2.75) is 32.7 Å². The fraction of sp³-hybridized carbons (Fsp3) is 0.300. The molecule has 0 radical (unpaired) electrons. The van der Waals surface area contributed by atoms with Crippen LogP contribution in [-0.4, -0.2) is 23.4 Å². The van der Waals surface area contributed by atoms with E-state index in [-0.39, 0.29) is 17.8 Å². The average Bonchev–Trinajstić information content (AvgIpc) is 3.27. The molecule has 0 saturated heterocycles. The molecule has 0 saturated carbocycles. The van der Waals surface area contributed by atoms with Crippen molar-refractivity contribution in [2.24, 2.45) is 0 Å². The number of aliphatic hydroxyl groups is 1. The summed E-state index contributed by atoms with van der Waals surface area (Å²) in [6.07, 6.45) is 2.51. The molecule has 0 bridgehead atoms. The number of hydrogen-bond acceptors (Lipinski definition) is 5. The van der Waals surface area contributed by atoms with E-state index in [0.29, 0.717) is 23.8 Å². The minimum Gasteiger partial charge on any atom is -0.503 e. The first-order valence-corrected chi connectivity index (χ1v) is 8.64. The molecule has 1 aliphatic heterocycles. The Balaban J connectivity index is 2.06. The van der Waals surface area contributed by atoms with Crippen molar-refractivity contribution in [1.29, 1.82) is 0 Å². The monoisotopic (exact) mass is 355 g/mol. The van der Waals surface area contributed by atoms with Gasteiger partial charge in [-0.05, 0) is 30.7 Å². The molecule has 6 heteroatoms. The van der Waals surface area contributed by atoms with Gasteiger partial charge >= 0.3 is 0 Å². The van der Waals surface area contributed by atoms with E-state index in [2.05, 4.69) is 0 Å². The maximum Gasteiger partial charge on any atom is 0.294 e. The third-order valence-corrected chi connectivity index (χ3v) is 4.21. The summed E-state index contributed by atoms with van der Waals surface area (Å²) in [6.45, 7) is 4.25. The second kappa shape index (κ2) is 7.47. The minimum atomic E-state index is -0.800. The molecular weight excluding hydrogens is 334 g/mol. The molecule has 1 unspecified atom stereocenters. The number of amides is 1. The molecule has 0 aliphatic carbocycles. The van der Waals surface area contributed by atoms with E-state index in [1.165, 1.54) is 11.2 Å². The second-order valence-electron chi connectivity index (χ2n) is 5.98. The smallest absolute Gasteiger partial charge is 0.294 e. The van der Waals surface area contributed by atoms with Gasteiger partial charge in [0.05, 0.1) is 18.4 Å². The topological polar surface area (TPSA) is 80.0 Å². The van der Waals surface area contributed by atoms with Gasteiger partial charge in [-0.1, -0.05) is 19.9 Å². The molecule has 2 heterocycles. The van der Waals surface area contributed by atoms with Gasteiger partial charge in [0.15, 0.2) is 11.5 Å². The summed E-state index contributed by atoms with van der Waals surface area (Å²) in [6, 6.07) is 9.59. The van der Waals surface area contributed by atoms with Crippen LogP contribution >= 0.6 is 0 Å². The number of carbonyl (C=O) groups excluding carboxylic acids is 2. The molecule has 0 fully saturated rings. The average molecular weight is 355 g/mol. The quantitative estimate of drug-likeness (QED) is 0.813. The van der Waals surface area contributed by atoms with Crippen LogP contribution in [0.5, 0.6) is 5.75 Å². The zero-order valence-corrected chi connectivity index (χ0v) is 14.8. The highest BCUT2D eigenvalue weighted by Crippen LogP contribution is 2.42. The molecule has 3 rings (SSSR count). The largest absolute Gasteiger partial charge is 0.503 e. The van der Waals surface area contributed by atoms with Crippen LogP contribution in [-0.2, 0) is 9.59 Å². The molecule has 1 atom stereocenters. The van der Waals surface area contributed by atoms with E-state index in [1.807, 2.05) is 6.92 Å². The third kappa shape index (κ3) is 3.10. The van der Waals surface area contributed by atoms with Gasteiger partial charge in [0.1, 0.15) is 17.6 Å². The molecule has 1 aliphatic rings. The number of ketones is 1. The molecule has 6 nitrogen and oxygen atoms in total. The highest BCUT2D eigenvalue weighted by molar-refractivity contribution is 6.16. The summed E-state index contributed by atoms with van der Waals surface area (Å²) >= 11 is 0. The van der Waals surface area contributed by atoms with Gasteiger partial charge in [-0.2, -0.15) is 0 Å². The maximum absolute atomic E-state index is 12.8. The van der Waals surface area contributed by atoms with Gasteiger partial charge < -0.3 is 14.3 Å². The molecule has 1 N–H and O–H groups in total. The van der Waals surface area contributed by atoms with Crippen LogP contribution in [0.3, 0.4) is 0 Å². The Morgan fingerprint density at radius 2 is 2.08 bits per heavy atom. The summed E-state index contributed by atoms with van der Waals surface area (Å²) in [5.41, 5.74) is 0.586. The predicted octanol–water partition coefficient (Wildman–Crippen LogP) is 3.95. The highest BCUT2D eigenvalue weighted by Gasteiger charge is 2.45. The maximum atomic E-state index is 12.8. The first kappa shape index (κ1) is 17.8. The number of ether oxygens (including phenoxy) is 1. The number of aliphatic hydroxyl groups excluding tert-OH is 1. The zero-order valence-electron chi connectivity index (χ0n) is 14.8. The predicted molar refractivity (Wildman–Crippen MR) is 96.1 cm³/mol. The van der Waals surface area contributed by atoms with Gasteiger partial charge in [0.2, 0.25) is 0 Å². The van der Waals surface area contributed by atoms with Crippen LogP contribution in [0.1, 0.15) is 38.5 Å². The SMILES string of the molecule is CCCOc1cccc(N2C(=O)C(O)=C(C(=O)CC)C2c2ccco2)c1. The van der Waals surface area contributed by atoms with Gasteiger partial charge in [-0.3, -0.25) is 14.5 Å². The first-order valence-electron chi connectivity index (χ1n) is 8.64. The van der Waals surface area contributed by atoms with Gasteiger partial charge in [0.25, 0.3) is 5.91 Å². The lowest BCUT2D eigenvalue weighted by Crippen LogP contribution is -2.30. The normalized spacial score (nSPS) is 17.1. The molecule has 26 heavy (non-hydrogen) atoms. The molecule has 2 aromatic rings. The number of rotatable bonds is 7. The van der Waals surface area contributed by atoms with Crippen molar-refractivity contribution < 1.29 is 23.8 Å². The third-order valence-electron chi connectivity index (χ3n) is 4.21. The van der Waals surface area contributed by atoms with Crippen molar-refractivity contribution in [1.82, 2.24) is 0 Å². The Labute approximate surface area is 151 Å². The number of benzene rings is 1. The van der Waals surface area contributed by atoms with E-state index in [9.17, 15) is 14.7 Å². The van der Waals surface area contributed by atoms with Crippen LogP contribution in [0.25, 0.3) is 0 Å². The van der Waals surface area contributed by atoms with Crippen molar-refractivity contribution in [3.8, 4) is 5.75 Å². The lowest BCUT2D eigenvalue weighted by atomic mass is 9.99. The van der Waals surface area contributed by atoms with Crippen molar-refractivity contribution in [2.75, 3.05) is 11.5 Å². The number of carbonyl (C=O) groups is 2. The van der Waals surface area contributed by atoms with Crippen molar-refractivity contribution >= 4 is 17.4 Å². The van der Waals surface area contributed by atoms with Crippen LogP contribution in [0.4, 0.5) is 5.69 Å². The standard InChI is InChI=1S/C20H21NO5/c1-3-10-25-14-8-5-7-13(12-14)21-18(16-9-6-11-26-16)17(15(22)4-2)19(23)20(21)24/h5-9,11-12,18,23H,3-4,10H2,1-2H3. The number of furan rings is 1. The Morgan fingerprint density at radius 3 is 2.73 bits per heavy atom. The minimum absolute atomic E-state index is 0.0623. The highest BCUT2D eigenvalue weighted by atomic mass is 16.5. The molecular formula is C20H21NO5. The molecule has 136 valence electrons. The lowest BCUT2D eigenvalue weighted by molar-refractivity contribution is -0.118. The molecule has 1 aromatic carbocycles. The number of anilines is 1. The number of nitrogens with zero attached hydrogens (tertiary/aromatic N) is 1. The van der Waals surface area contributed by atoms with E-state index in [4.69, 9.17) is 9.15 Å². The van der Waals surface area contributed by atoms with Gasteiger partial charge in [-0.15, -0.1) is 0 Å². The fourth-order valence-electron chi connectivity index (χ4n) is 3.01. The van der Waals surface area contributed by atoms with Crippen LogP contribution in [0.2, 0.25) is 0 Å². The zero-order chi connectivity index (χ0) is 18.7. The van der Waals surface area contributed by atoms with Crippen LogP contribution in [0.15, 0.2) is 58.4 Å². The van der Waals surface area contributed by atoms with E-state index < -0.39 is 17.7 Å². The first-order chi connectivity index (χ1) is 12.6.